The predicted octanol–water partition coefficient (Wildman–Crippen LogP) is 1.83. The highest BCUT2D eigenvalue weighted by Gasteiger charge is 2.30. The highest BCUT2D eigenvalue weighted by molar-refractivity contribution is 5.91. The van der Waals surface area contributed by atoms with Crippen molar-refractivity contribution < 1.29 is 14.3 Å². The van der Waals surface area contributed by atoms with Gasteiger partial charge in [0.1, 0.15) is 5.76 Å². The summed E-state index contributed by atoms with van der Waals surface area (Å²) in [4.78, 5) is 14.0. The van der Waals surface area contributed by atoms with E-state index in [1.165, 1.54) is 0 Å². The van der Waals surface area contributed by atoms with Crippen LogP contribution in [0.15, 0.2) is 16.5 Å². The number of aliphatic hydroxyl groups is 1. The summed E-state index contributed by atoms with van der Waals surface area (Å²) in [6.07, 6.45) is 4.02. The molecule has 1 fully saturated rings. The summed E-state index contributed by atoms with van der Waals surface area (Å²) in [5.41, 5.74) is 0. The fraction of sp³-hybridized carbons (Fsp3) is 0.615. The lowest BCUT2D eigenvalue weighted by atomic mass is 9.91. The normalized spacial score (nSPS) is 15.6. The van der Waals surface area contributed by atoms with Crippen molar-refractivity contribution in [2.24, 2.45) is 0 Å². The molecule has 0 aromatic carbocycles. The minimum absolute atomic E-state index is 0.00356. The smallest absolute Gasteiger partial charge is 0.289 e. The van der Waals surface area contributed by atoms with Crippen molar-refractivity contribution in [2.45, 2.75) is 38.6 Å². The van der Waals surface area contributed by atoms with E-state index in [0.717, 1.165) is 31.4 Å². The van der Waals surface area contributed by atoms with E-state index in [0.29, 0.717) is 12.3 Å². The quantitative estimate of drug-likeness (QED) is 0.850. The standard InChI is InChI=1S/C13H19NO3/c1-2-11-6-7-12(17-11)13(16)14(8-9-15)10-4-3-5-10/h6-7,10,15H,2-5,8-9H2,1H3. The largest absolute Gasteiger partial charge is 0.456 e. The molecule has 1 aliphatic rings. The average molecular weight is 237 g/mol. The molecule has 1 heterocycles. The van der Waals surface area contributed by atoms with Crippen LogP contribution in [0, 0.1) is 0 Å². The third kappa shape index (κ3) is 2.52. The lowest BCUT2D eigenvalue weighted by Crippen LogP contribution is -2.45. The van der Waals surface area contributed by atoms with Crippen LogP contribution in [0.2, 0.25) is 0 Å². The molecule has 4 nitrogen and oxygen atoms in total. The van der Waals surface area contributed by atoms with E-state index in [9.17, 15) is 4.79 Å². The van der Waals surface area contributed by atoms with Crippen molar-refractivity contribution >= 4 is 5.91 Å². The maximum Gasteiger partial charge on any atom is 0.289 e. The molecule has 0 saturated heterocycles. The molecule has 4 heteroatoms. The summed E-state index contributed by atoms with van der Waals surface area (Å²) in [5, 5.41) is 9.03. The second-order valence-electron chi connectivity index (χ2n) is 4.43. The number of carbonyl (C=O) groups is 1. The minimum atomic E-state index is -0.0940. The molecule has 1 amide bonds. The predicted molar refractivity (Wildman–Crippen MR) is 63.8 cm³/mol. The molecule has 1 N–H and O–H groups in total. The van der Waals surface area contributed by atoms with Gasteiger partial charge < -0.3 is 14.4 Å². The molecule has 0 radical (unpaired) electrons. The zero-order valence-corrected chi connectivity index (χ0v) is 10.2. The van der Waals surface area contributed by atoms with E-state index in [1.807, 2.05) is 13.0 Å². The molecule has 0 atom stereocenters. The fourth-order valence-electron chi connectivity index (χ4n) is 2.08. The molecule has 1 aromatic rings. The van der Waals surface area contributed by atoms with Gasteiger partial charge in [-0.05, 0) is 31.4 Å². The Morgan fingerprint density at radius 2 is 2.29 bits per heavy atom. The van der Waals surface area contributed by atoms with Crippen molar-refractivity contribution in [3.8, 4) is 0 Å². The first-order valence-corrected chi connectivity index (χ1v) is 6.26. The van der Waals surface area contributed by atoms with Crippen molar-refractivity contribution in [2.75, 3.05) is 13.2 Å². The van der Waals surface area contributed by atoms with Crippen LogP contribution in [0.3, 0.4) is 0 Å². The Hall–Kier alpha value is -1.29. The highest BCUT2D eigenvalue weighted by Crippen LogP contribution is 2.26. The van der Waals surface area contributed by atoms with E-state index in [2.05, 4.69) is 0 Å². The number of hydrogen-bond donors (Lipinski definition) is 1. The monoisotopic (exact) mass is 237 g/mol. The topological polar surface area (TPSA) is 53.7 Å². The van der Waals surface area contributed by atoms with Crippen LogP contribution in [0.1, 0.15) is 42.5 Å². The van der Waals surface area contributed by atoms with Crippen LogP contribution in [0.5, 0.6) is 0 Å². The van der Waals surface area contributed by atoms with Gasteiger partial charge in [0.25, 0.3) is 5.91 Å². The number of aryl methyl sites for hydroxylation is 1. The maximum absolute atomic E-state index is 12.2. The lowest BCUT2D eigenvalue weighted by molar-refractivity contribution is 0.0493. The van der Waals surface area contributed by atoms with E-state index in [-0.39, 0.29) is 18.6 Å². The number of furan rings is 1. The van der Waals surface area contributed by atoms with Crippen molar-refractivity contribution in [3.63, 3.8) is 0 Å². The number of aliphatic hydroxyl groups excluding tert-OH is 1. The van der Waals surface area contributed by atoms with Gasteiger partial charge in [-0.25, -0.2) is 0 Å². The second kappa shape index (κ2) is 5.36. The van der Waals surface area contributed by atoms with E-state index in [1.54, 1.807) is 11.0 Å². The number of carbonyl (C=O) groups excluding carboxylic acids is 1. The van der Waals surface area contributed by atoms with Gasteiger partial charge in [0.2, 0.25) is 0 Å². The molecular formula is C13H19NO3. The SMILES string of the molecule is CCc1ccc(C(=O)N(CCO)C2CCC2)o1. The summed E-state index contributed by atoms with van der Waals surface area (Å²) < 4.78 is 5.47. The number of amides is 1. The van der Waals surface area contributed by atoms with Gasteiger partial charge in [0.15, 0.2) is 5.76 Å². The van der Waals surface area contributed by atoms with Gasteiger partial charge in [-0.15, -0.1) is 0 Å². The van der Waals surface area contributed by atoms with Crippen molar-refractivity contribution in [3.05, 3.63) is 23.7 Å². The van der Waals surface area contributed by atoms with Gasteiger partial charge in [-0.3, -0.25) is 4.79 Å². The van der Waals surface area contributed by atoms with Gasteiger partial charge in [-0.2, -0.15) is 0 Å². The van der Waals surface area contributed by atoms with Crippen LogP contribution in [0.25, 0.3) is 0 Å². The zero-order valence-electron chi connectivity index (χ0n) is 10.2. The molecule has 94 valence electrons. The Bertz CT molecular complexity index is 382. The highest BCUT2D eigenvalue weighted by atomic mass is 16.4. The molecule has 1 saturated carbocycles. The summed E-state index contributed by atoms with van der Waals surface area (Å²) in [7, 11) is 0. The summed E-state index contributed by atoms with van der Waals surface area (Å²) in [5.74, 6) is 1.12. The van der Waals surface area contributed by atoms with Crippen molar-refractivity contribution in [1.29, 1.82) is 0 Å². The van der Waals surface area contributed by atoms with Crippen molar-refractivity contribution in [1.82, 2.24) is 4.90 Å². The second-order valence-corrected chi connectivity index (χ2v) is 4.43. The van der Waals surface area contributed by atoms with E-state index in [4.69, 9.17) is 9.52 Å². The zero-order chi connectivity index (χ0) is 12.3. The van der Waals surface area contributed by atoms with Crippen LogP contribution in [-0.4, -0.2) is 35.1 Å². The minimum Gasteiger partial charge on any atom is -0.456 e. The molecule has 0 bridgehead atoms. The fourth-order valence-corrected chi connectivity index (χ4v) is 2.08. The Morgan fingerprint density at radius 3 is 2.76 bits per heavy atom. The molecule has 17 heavy (non-hydrogen) atoms. The molecule has 0 unspecified atom stereocenters. The lowest BCUT2D eigenvalue weighted by Gasteiger charge is -2.36. The van der Waals surface area contributed by atoms with Crippen LogP contribution in [-0.2, 0) is 6.42 Å². The number of nitrogens with zero attached hydrogens (tertiary/aromatic N) is 1. The molecule has 2 rings (SSSR count). The average Bonchev–Trinajstić information content (AvgIpc) is 2.73. The van der Waals surface area contributed by atoms with Gasteiger partial charge in [0.05, 0.1) is 6.61 Å². The Morgan fingerprint density at radius 1 is 1.53 bits per heavy atom. The van der Waals surface area contributed by atoms with Gasteiger partial charge in [0, 0.05) is 19.0 Å². The number of rotatable bonds is 5. The maximum atomic E-state index is 12.2. The molecule has 1 aliphatic carbocycles. The number of hydrogen-bond acceptors (Lipinski definition) is 3. The van der Waals surface area contributed by atoms with E-state index >= 15 is 0 Å². The van der Waals surface area contributed by atoms with Gasteiger partial charge in [-0.1, -0.05) is 6.92 Å². The first-order chi connectivity index (χ1) is 8.26. The molecular weight excluding hydrogens is 218 g/mol. The van der Waals surface area contributed by atoms with Crippen LogP contribution in [0.4, 0.5) is 0 Å². The molecule has 0 aliphatic heterocycles. The summed E-state index contributed by atoms with van der Waals surface area (Å²) in [6, 6.07) is 3.85. The third-order valence-corrected chi connectivity index (χ3v) is 3.34. The Labute approximate surface area is 101 Å². The van der Waals surface area contributed by atoms with E-state index < -0.39 is 0 Å². The Kier molecular flexibility index (Phi) is 3.84. The first kappa shape index (κ1) is 12.2. The Balaban J connectivity index is 2.09. The molecule has 1 aromatic heterocycles. The first-order valence-electron chi connectivity index (χ1n) is 6.26. The van der Waals surface area contributed by atoms with Gasteiger partial charge >= 0.3 is 0 Å². The summed E-state index contributed by atoms with van der Waals surface area (Å²) in [6.45, 7) is 2.39. The third-order valence-electron chi connectivity index (χ3n) is 3.34. The van der Waals surface area contributed by atoms with Crippen LogP contribution < -0.4 is 0 Å². The summed E-state index contributed by atoms with van der Waals surface area (Å²) >= 11 is 0. The van der Waals surface area contributed by atoms with Crippen LogP contribution >= 0.6 is 0 Å². The molecule has 0 spiro atoms.